The number of aromatic carboxylic acids is 1. The van der Waals surface area contributed by atoms with Gasteiger partial charge in [-0.15, -0.1) is 0 Å². The van der Waals surface area contributed by atoms with Crippen molar-refractivity contribution >= 4 is 32.6 Å². The molecule has 0 radical (unpaired) electrons. The quantitative estimate of drug-likeness (QED) is 0.715. The fourth-order valence-corrected chi connectivity index (χ4v) is 4.85. The third-order valence-corrected chi connectivity index (χ3v) is 5.89. The normalized spacial score (nSPS) is 11.7. The Morgan fingerprint density at radius 1 is 1.04 bits per heavy atom. The molecule has 1 heterocycles. The maximum Gasteiger partial charge on any atom is 0.339 e. The average molecular weight is 373 g/mol. The zero-order chi connectivity index (χ0) is 19.2. The Balaban J connectivity index is 2.08. The molecular weight excluding hydrogens is 354 g/mol. The number of furan rings is 1. The highest BCUT2D eigenvalue weighted by Crippen LogP contribution is 2.30. The lowest BCUT2D eigenvalue weighted by molar-refractivity contribution is 0.0697. The predicted octanol–water partition coefficient (Wildman–Crippen LogP) is 4.17. The second-order valence-corrected chi connectivity index (χ2v) is 8.00. The minimum atomic E-state index is -3.81. The lowest BCUT2D eigenvalue weighted by Gasteiger charge is -2.14. The number of benzene rings is 2. The summed E-state index contributed by atoms with van der Waals surface area (Å²) in [5, 5.41) is 9.71. The first-order valence-corrected chi connectivity index (χ1v) is 9.45. The number of sulfonamides is 1. The highest BCUT2D eigenvalue weighted by molar-refractivity contribution is 7.92. The lowest BCUT2D eigenvalue weighted by Crippen LogP contribution is -2.16. The molecule has 0 saturated carbocycles. The number of carboxylic acid groups (broad SMARTS) is 1. The van der Waals surface area contributed by atoms with Gasteiger partial charge in [-0.3, -0.25) is 4.72 Å². The fourth-order valence-electron chi connectivity index (χ4n) is 3.35. The van der Waals surface area contributed by atoms with E-state index in [1.54, 1.807) is 32.9 Å². The third-order valence-electron chi connectivity index (χ3n) is 4.20. The Morgan fingerprint density at radius 3 is 2.23 bits per heavy atom. The van der Waals surface area contributed by atoms with Crippen LogP contribution in [0.2, 0.25) is 0 Å². The van der Waals surface area contributed by atoms with Crippen molar-refractivity contribution in [3.05, 3.63) is 58.3 Å². The number of carbonyl (C=O) groups is 1. The average Bonchev–Trinajstić information content (AvgIpc) is 2.80. The van der Waals surface area contributed by atoms with Gasteiger partial charge in [0.05, 0.1) is 4.90 Å². The maximum absolute atomic E-state index is 12.9. The number of carboxylic acids is 1. The first-order chi connectivity index (χ1) is 12.1. The minimum Gasteiger partial charge on any atom is -0.478 e. The van der Waals surface area contributed by atoms with E-state index in [2.05, 4.69) is 4.72 Å². The number of rotatable bonds is 4. The molecule has 6 nitrogen and oxygen atoms in total. The van der Waals surface area contributed by atoms with E-state index in [-0.39, 0.29) is 21.9 Å². The van der Waals surface area contributed by atoms with Crippen molar-refractivity contribution in [2.45, 2.75) is 32.6 Å². The van der Waals surface area contributed by atoms with E-state index in [0.717, 1.165) is 5.56 Å². The van der Waals surface area contributed by atoms with Crippen molar-refractivity contribution in [3.8, 4) is 0 Å². The molecule has 136 valence electrons. The van der Waals surface area contributed by atoms with Gasteiger partial charge in [-0.25, -0.2) is 13.2 Å². The second kappa shape index (κ2) is 6.17. The highest BCUT2D eigenvalue weighted by atomic mass is 32.2. The molecule has 0 atom stereocenters. The van der Waals surface area contributed by atoms with Crippen LogP contribution in [-0.4, -0.2) is 19.5 Å². The van der Waals surface area contributed by atoms with E-state index in [9.17, 15) is 18.3 Å². The predicted molar refractivity (Wildman–Crippen MR) is 99.4 cm³/mol. The Kier molecular flexibility index (Phi) is 4.28. The van der Waals surface area contributed by atoms with E-state index in [1.165, 1.54) is 6.07 Å². The summed E-state index contributed by atoms with van der Waals surface area (Å²) in [6.07, 6.45) is 0. The van der Waals surface area contributed by atoms with Crippen molar-refractivity contribution in [2.24, 2.45) is 0 Å². The van der Waals surface area contributed by atoms with Crippen molar-refractivity contribution in [2.75, 3.05) is 4.72 Å². The van der Waals surface area contributed by atoms with Crippen LogP contribution in [0.15, 0.2) is 39.6 Å². The van der Waals surface area contributed by atoms with Crippen LogP contribution in [-0.2, 0) is 10.0 Å². The van der Waals surface area contributed by atoms with Gasteiger partial charge < -0.3 is 9.52 Å². The van der Waals surface area contributed by atoms with Gasteiger partial charge in [0, 0.05) is 11.1 Å². The summed E-state index contributed by atoms with van der Waals surface area (Å²) in [7, 11) is -3.81. The third kappa shape index (κ3) is 3.06. The molecule has 7 heteroatoms. The van der Waals surface area contributed by atoms with E-state index >= 15 is 0 Å². The van der Waals surface area contributed by atoms with Gasteiger partial charge >= 0.3 is 5.97 Å². The van der Waals surface area contributed by atoms with Crippen LogP contribution in [0.5, 0.6) is 0 Å². The number of nitrogens with one attached hydrogen (secondary N) is 1. The summed E-state index contributed by atoms with van der Waals surface area (Å²) in [6.45, 7) is 6.97. The molecule has 2 N–H and O–H groups in total. The summed E-state index contributed by atoms with van der Waals surface area (Å²) in [5.74, 6) is -0.843. The standard InChI is InChI=1S/C19H19NO5S/c1-10-7-11(2)18(12(3)8-10)26(23,24)20-14-5-6-16-15(9-14)17(19(21)22)13(4)25-16/h5-9,20H,1-4H3,(H,21,22). The number of fused-ring (bicyclic) bond motifs is 1. The zero-order valence-electron chi connectivity index (χ0n) is 14.9. The van der Waals surface area contributed by atoms with Gasteiger partial charge in [0.2, 0.25) is 0 Å². The molecule has 0 amide bonds. The van der Waals surface area contributed by atoms with Gasteiger partial charge in [-0.2, -0.15) is 0 Å². The molecular formula is C19H19NO5S. The van der Waals surface area contributed by atoms with Crippen molar-refractivity contribution < 1.29 is 22.7 Å². The fraction of sp³-hybridized carbons (Fsp3) is 0.211. The maximum atomic E-state index is 12.9. The Morgan fingerprint density at radius 2 is 1.65 bits per heavy atom. The SMILES string of the molecule is Cc1cc(C)c(S(=O)(=O)Nc2ccc3oc(C)c(C(=O)O)c3c2)c(C)c1. The summed E-state index contributed by atoms with van der Waals surface area (Å²) >= 11 is 0. The van der Waals surface area contributed by atoms with Crippen LogP contribution in [0, 0.1) is 27.7 Å². The molecule has 26 heavy (non-hydrogen) atoms. The van der Waals surface area contributed by atoms with E-state index in [0.29, 0.717) is 22.1 Å². The molecule has 2 aromatic carbocycles. The smallest absolute Gasteiger partial charge is 0.339 e. The van der Waals surface area contributed by atoms with Crippen LogP contribution in [0.1, 0.15) is 32.8 Å². The summed E-state index contributed by atoms with van der Waals surface area (Å²) in [5.41, 5.74) is 3.00. The largest absolute Gasteiger partial charge is 0.478 e. The molecule has 1 aromatic heterocycles. The van der Waals surface area contributed by atoms with Crippen LogP contribution in [0.3, 0.4) is 0 Å². The molecule has 0 saturated heterocycles. The van der Waals surface area contributed by atoms with Crippen molar-refractivity contribution in [1.29, 1.82) is 0 Å². The molecule has 0 aliphatic rings. The molecule has 0 bridgehead atoms. The first kappa shape index (κ1) is 18.0. The van der Waals surface area contributed by atoms with Gasteiger partial charge in [0.1, 0.15) is 16.9 Å². The van der Waals surface area contributed by atoms with Crippen LogP contribution in [0.4, 0.5) is 5.69 Å². The molecule has 0 fully saturated rings. The molecule has 0 spiro atoms. The zero-order valence-corrected chi connectivity index (χ0v) is 15.7. The van der Waals surface area contributed by atoms with E-state index in [1.807, 2.05) is 19.1 Å². The van der Waals surface area contributed by atoms with Crippen LogP contribution in [0.25, 0.3) is 11.0 Å². The second-order valence-electron chi connectivity index (χ2n) is 6.38. The molecule has 0 aliphatic carbocycles. The Labute approximate surface area is 151 Å². The van der Waals surface area contributed by atoms with Gasteiger partial charge in [0.15, 0.2) is 0 Å². The molecule has 3 aromatic rings. The number of hydrogen-bond donors (Lipinski definition) is 2. The number of anilines is 1. The number of hydrogen-bond acceptors (Lipinski definition) is 4. The molecule has 0 aliphatic heterocycles. The molecule has 3 rings (SSSR count). The Bertz CT molecular complexity index is 1120. The summed E-state index contributed by atoms with van der Waals surface area (Å²) < 4.78 is 33.7. The summed E-state index contributed by atoms with van der Waals surface area (Å²) in [4.78, 5) is 11.7. The van der Waals surface area contributed by atoms with Gasteiger partial charge in [-0.05, 0) is 57.0 Å². The van der Waals surface area contributed by atoms with Gasteiger partial charge in [-0.1, -0.05) is 17.7 Å². The molecule has 0 unspecified atom stereocenters. The van der Waals surface area contributed by atoms with Crippen molar-refractivity contribution in [3.63, 3.8) is 0 Å². The van der Waals surface area contributed by atoms with Crippen LogP contribution >= 0.6 is 0 Å². The van der Waals surface area contributed by atoms with E-state index in [4.69, 9.17) is 4.42 Å². The van der Waals surface area contributed by atoms with E-state index < -0.39 is 16.0 Å². The first-order valence-electron chi connectivity index (χ1n) is 7.97. The lowest BCUT2D eigenvalue weighted by atomic mass is 10.1. The Hall–Kier alpha value is -2.80. The summed E-state index contributed by atoms with van der Waals surface area (Å²) in [6, 6.07) is 8.21. The van der Waals surface area contributed by atoms with Crippen LogP contribution < -0.4 is 4.72 Å². The monoisotopic (exact) mass is 373 g/mol. The van der Waals surface area contributed by atoms with Crippen molar-refractivity contribution in [1.82, 2.24) is 0 Å². The minimum absolute atomic E-state index is 0.0312. The number of aryl methyl sites for hydroxylation is 4. The topological polar surface area (TPSA) is 96.6 Å². The highest BCUT2D eigenvalue weighted by Gasteiger charge is 2.22. The van der Waals surface area contributed by atoms with Gasteiger partial charge in [0.25, 0.3) is 10.0 Å².